The number of rotatable bonds is 7. The summed E-state index contributed by atoms with van der Waals surface area (Å²) in [6.07, 6.45) is 0. The number of halogens is 2. The summed E-state index contributed by atoms with van der Waals surface area (Å²) >= 11 is 11.9. The van der Waals surface area contributed by atoms with Gasteiger partial charge in [0.25, 0.3) is 0 Å². The SMILES string of the molecule is COc1ccc(Cl)cc1NC(=O)CN(C)CC(=O)Nc1ccc(Cl)cc1C. The van der Waals surface area contributed by atoms with Gasteiger partial charge in [-0.15, -0.1) is 0 Å². The molecule has 0 unspecified atom stereocenters. The van der Waals surface area contributed by atoms with Crippen LogP contribution in [0, 0.1) is 6.92 Å². The standard InChI is InChI=1S/C19H21Cl2N3O3/c1-12-8-13(20)4-6-15(12)22-18(25)10-24(2)11-19(26)23-16-9-14(21)5-7-17(16)27-3/h4-9H,10-11H2,1-3H3,(H,22,25)(H,23,26). The minimum Gasteiger partial charge on any atom is -0.495 e. The number of likely N-dealkylation sites (N-methyl/N-ethyl adjacent to an activating group) is 1. The monoisotopic (exact) mass is 409 g/mol. The van der Waals surface area contributed by atoms with E-state index in [2.05, 4.69) is 10.6 Å². The van der Waals surface area contributed by atoms with Crippen molar-refractivity contribution in [3.8, 4) is 5.75 Å². The van der Waals surface area contributed by atoms with Gasteiger partial charge < -0.3 is 15.4 Å². The highest BCUT2D eigenvalue weighted by Gasteiger charge is 2.14. The lowest BCUT2D eigenvalue weighted by atomic mass is 10.2. The minimum atomic E-state index is -0.284. The maximum Gasteiger partial charge on any atom is 0.238 e. The van der Waals surface area contributed by atoms with Gasteiger partial charge in [0, 0.05) is 15.7 Å². The van der Waals surface area contributed by atoms with E-state index in [1.54, 1.807) is 48.3 Å². The topological polar surface area (TPSA) is 70.7 Å². The molecule has 0 bridgehead atoms. The van der Waals surface area contributed by atoms with E-state index in [1.807, 2.05) is 6.92 Å². The number of aryl methyl sites for hydroxylation is 1. The number of amides is 2. The Morgan fingerprint density at radius 3 is 2.11 bits per heavy atom. The number of nitrogens with zero attached hydrogens (tertiary/aromatic N) is 1. The lowest BCUT2D eigenvalue weighted by Gasteiger charge is -2.17. The van der Waals surface area contributed by atoms with Gasteiger partial charge >= 0.3 is 0 Å². The molecule has 0 spiro atoms. The van der Waals surface area contributed by atoms with Gasteiger partial charge in [0.1, 0.15) is 5.75 Å². The van der Waals surface area contributed by atoms with Gasteiger partial charge in [-0.05, 0) is 55.9 Å². The normalized spacial score (nSPS) is 10.6. The molecule has 0 aliphatic carbocycles. The molecule has 0 fully saturated rings. The fourth-order valence-corrected chi connectivity index (χ4v) is 2.87. The molecule has 2 N–H and O–H groups in total. The highest BCUT2D eigenvalue weighted by Crippen LogP contribution is 2.27. The summed E-state index contributed by atoms with van der Waals surface area (Å²) in [6.45, 7) is 1.95. The van der Waals surface area contributed by atoms with E-state index in [1.165, 1.54) is 7.11 Å². The quantitative estimate of drug-likeness (QED) is 0.728. The van der Waals surface area contributed by atoms with Crippen LogP contribution in [0.2, 0.25) is 10.0 Å². The second-order valence-corrected chi connectivity index (χ2v) is 6.95. The molecule has 2 aromatic rings. The van der Waals surface area contributed by atoms with Gasteiger partial charge in [-0.1, -0.05) is 23.2 Å². The highest BCUT2D eigenvalue weighted by atomic mass is 35.5. The van der Waals surface area contributed by atoms with Gasteiger partial charge in [0.15, 0.2) is 0 Å². The van der Waals surface area contributed by atoms with Crippen LogP contribution in [0.4, 0.5) is 11.4 Å². The summed E-state index contributed by atoms with van der Waals surface area (Å²) < 4.78 is 5.20. The van der Waals surface area contributed by atoms with Crippen molar-refractivity contribution < 1.29 is 14.3 Å². The summed E-state index contributed by atoms with van der Waals surface area (Å²) in [5, 5.41) is 6.63. The Bertz CT molecular complexity index is 843. The average Bonchev–Trinajstić information content (AvgIpc) is 2.57. The van der Waals surface area contributed by atoms with Crippen LogP contribution in [0.15, 0.2) is 36.4 Å². The summed E-state index contributed by atoms with van der Waals surface area (Å²) in [6, 6.07) is 10.2. The van der Waals surface area contributed by atoms with Crippen molar-refractivity contribution >= 4 is 46.4 Å². The Hall–Kier alpha value is -2.28. The van der Waals surface area contributed by atoms with Crippen molar-refractivity contribution in [2.45, 2.75) is 6.92 Å². The number of benzene rings is 2. The minimum absolute atomic E-state index is 0.0304. The van der Waals surface area contributed by atoms with Crippen molar-refractivity contribution in [3.63, 3.8) is 0 Å². The number of ether oxygens (including phenoxy) is 1. The molecule has 0 saturated heterocycles. The predicted octanol–water partition coefficient (Wildman–Crippen LogP) is 3.82. The Morgan fingerprint density at radius 1 is 0.963 bits per heavy atom. The van der Waals surface area contributed by atoms with Gasteiger partial charge in [0.05, 0.1) is 25.9 Å². The fraction of sp³-hybridized carbons (Fsp3) is 0.263. The summed E-state index contributed by atoms with van der Waals surface area (Å²) in [7, 11) is 3.19. The third-order valence-electron chi connectivity index (χ3n) is 3.73. The molecule has 0 saturated carbocycles. The van der Waals surface area contributed by atoms with Crippen molar-refractivity contribution in [3.05, 3.63) is 52.0 Å². The molecule has 2 aromatic carbocycles. The number of methoxy groups -OCH3 is 1. The molecule has 2 rings (SSSR count). The van der Waals surface area contributed by atoms with E-state index in [-0.39, 0.29) is 24.9 Å². The van der Waals surface area contributed by atoms with Crippen LogP contribution in [0.25, 0.3) is 0 Å². The first-order chi connectivity index (χ1) is 12.8. The average molecular weight is 410 g/mol. The van der Waals surface area contributed by atoms with Crippen LogP contribution >= 0.6 is 23.2 Å². The van der Waals surface area contributed by atoms with Crippen LogP contribution in [-0.4, -0.2) is 44.0 Å². The first-order valence-corrected chi connectivity index (χ1v) is 8.92. The molecule has 0 radical (unpaired) electrons. The molecule has 8 heteroatoms. The number of nitrogens with one attached hydrogen (secondary N) is 2. The zero-order valence-corrected chi connectivity index (χ0v) is 16.8. The first kappa shape index (κ1) is 21.0. The van der Waals surface area contributed by atoms with Crippen LogP contribution in [0.5, 0.6) is 5.75 Å². The largest absolute Gasteiger partial charge is 0.495 e. The van der Waals surface area contributed by atoms with Crippen LogP contribution in [-0.2, 0) is 9.59 Å². The van der Waals surface area contributed by atoms with Gasteiger partial charge in [-0.2, -0.15) is 0 Å². The Labute approximate surface area is 168 Å². The molecule has 6 nitrogen and oxygen atoms in total. The number of hydrogen-bond acceptors (Lipinski definition) is 4. The zero-order valence-electron chi connectivity index (χ0n) is 15.3. The summed E-state index contributed by atoms with van der Waals surface area (Å²) in [4.78, 5) is 26.0. The van der Waals surface area contributed by atoms with E-state index in [0.29, 0.717) is 27.2 Å². The fourth-order valence-electron chi connectivity index (χ4n) is 2.47. The molecule has 0 aliphatic rings. The second kappa shape index (κ2) is 9.60. The maximum absolute atomic E-state index is 12.2. The van der Waals surface area contributed by atoms with E-state index in [4.69, 9.17) is 27.9 Å². The summed E-state index contributed by atoms with van der Waals surface area (Å²) in [5.74, 6) is -0.00374. The van der Waals surface area contributed by atoms with Crippen molar-refractivity contribution in [1.82, 2.24) is 4.90 Å². The third kappa shape index (κ3) is 6.43. The van der Waals surface area contributed by atoms with Gasteiger partial charge in [-0.3, -0.25) is 14.5 Å². The molecule has 144 valence electrons. The molecule has 27 heavy (non-hydrogen) atoms. The lowest BCUT2D eigenvalue weighted by molar-refractivity contribution is -0.119. The van der Waals surface area contributed by atoms with Crippen molar-refractivity contribution in [1.29, 1.82) is 0 Å². The number of anilines is 2. The van der Waals surface area contributed by atoms with Crippen molar-refractivity contribution in [2.24, 2.45) is 0 Å². The van der Waals surface area contributed by atoms with E-state index >= 15 is 0 Å². The number of carbonyl (C=O) groups is 2. The van der Waals surface area contributed by atoms with E-state index in [0.717, 1.165) is 5.56 Å². The van der Waals surface area contributed by atoms with Crippen LogP contribution in [0.3, 0.4) is 0 Å². The Morgan fingerprint density at radius 2 is 1.52 bits per heavy atom. The maximum atomic E-state index is 12.2. The van der Waals surface area contributed by atoms with Gasteiger partial charge in [0.2, 0.25) is 11.8 Å². The first-order valence-electron chi connectivity index (χ1n) is 8.16. The molecule has 0 aromatic heterocycles. The number of hydrogen-bond donors (Lipinski definition) is 2. The van der Waals surface area contributed by atoms with E-state index in [9.17, 15) is 9.59 Å². The highest BCUT2D eigenvalue weighted by molar-refractivity contribution is 6.31. The molecule has 0 aliphatic heterocycles. The Kier molecular flexibility index (Phi) is 7.47. The molecule has 0 atom stereocenters. The van der Waals surface area contributed by atoms with Crippen molar-refractivity contribution in [2.75, 3.05) is 37.9 Å². The lowest BCUT2D eigenvalue weighted by Crippen LogP contribution is -2.36. The molecule has 2 amide bonds. The Balaban J connectivity index is 1.89. The predicted molar refractivity (Wildman–Crippen MR) is 109 cm³/mol. The zero-order chi connectivity index (χ0) is 20.0. The van der Waals surface area contributed by atoms with Crippen LogP contribution < -0.4 is 15.4 Å². The van der Waals surface area contributed by atoms with Crippen LogP contribution in [0.1, 0.15) is 5.56 Å². The van der Waals surface area contributed by atoms with Gasteiger partial charge in [-0.25, -0.2) is 0 Å². The third-order valence-corrected chi connectivity index (χ3v) is 4.20. The number of carbonyl (C=O) groups excluding carboxylic acids is 2. The molecular formula is C19H21Cl2N3O3. The molecule has 0 heterocycles. The summed E-state index contributed by atoms with van der Waals surface area (Å²) in [5.41, 5.74) is 2.03. The smallest absolute Gasteiger partial charge is 0.238 e. The molecular weight excluding hydrogens is 389 g/mol. The second-order valence-electron chi connectivity index (χ2n) is 6.07. The van der Waals surface area contributed by atoms with E-state index < -0.39 is 0 Å².